The maximum absolute atomic E-state index is 13.5. The third-order valence-electron chi connectivity index (χ3n) is 5.78. The third kappa shape index (κ3) is 4.51. The summed E-state index contributed by atoms with van der Waals surface area (Å²) in [7, 11) is 2.03. The number of amides is 1. The lowest BCUT2D eigenvalue weighted by Gasteiger charge is -2.35. The number of nitro benzene ring substituents is 1. The molecule has 1 atom stereocenters. The Morgan fingerprint density at radius 2 is 1.84 bits per heavy atom. The summed E-state index contributed by atoms with van der Waals surface area (Å²) in [6.45, 7) is 4.69. The van der Waals surface area contributed by atoms with Gasteiger partial charge in [0.2, 0.25) is 0 Å². The first-order valence-electron chi connectivity index (χ1n) is 10.4. The highest BCUT2D eigenvalue weighted by Gasteiger charge is 2.33. The molecule has 0 aliphatic carbocycles. The number of nitro groups is 1. The van der Waals surface area contributed by atoms with Crippen LogP contribution in [0.25, 0.3) is 0 Å². The maximum atomic E-state index is 13.5. The number of carbonyl (C=O) groups is 1. The van der Waals surface area contributed by atoms with Crippen LogP contribution < -0.4 is 5.32 Å². The molecule has 2 aromatic carbocycles. The highest BCUT2D eigenvalue weighted by Crippen LogP contribution is 2.34. The number of nitrogens with one attached hydrogen (secondary N) is 1. The number of piperazine rings is 1. The van der Waals surface area contributed by atoms with Gasteiger partial charge in [-0.3, -0.25) is 19.9 Å². The number of halogens is 1. The van der Waals surface area contributed by atoms with Crippen LogP contribution in [0.4, 0.5) is 5.69 Å². The minimum atomic E-state index is -0.658. The van der Waals surface area contributed by atoms with Crippen molar-refractivity contribution in [1.29, 1.82) is 0 Å². The van der Waals surface area contributed by atoms with E-state index in [1.165, 1.54) is 12.1 Å². The second-order valence-electron chi connectivity index (χ2n) is 8.00. The summed E-state index contributed by atoms with van der Waals surface area (Å²) in [5, 5.41) is 15.2. The minimum absolute atomic E-state index is 0.0340. The molecule has 2 aliphatic heterocycles. The summed E-state index contributed by atoms with van der Waals surface area (Å²) < 4.78 is 0. The molecule has 8 nitrogen and oxygen atoms in total. The highest BCUT2D eigenvalue weighted by molar-refractivity contribution is 6.30. The van der Waals surface area contributed by atoms with Crippen molar-refractivity contribution in [3.63, 3.8) is 0 Å². The molecule has 0 spiro atoms. The van der Waals surface area contributed by atoms with Gasteiger partial charge in [-0.2, -0.15) is 0 Å². The van der Waals surface area contributed by atoms with Gasteiger partial charge in [0.25, 0.3) is 11.6 Å². The largest absolute Gasteiger partial charge is 0.343 e. The van der Waals surface area contributed by atoms with Crippen molar-refractivity contribution in [3.8, 4) is 0 Å². The Kier molecular flexibility index (Phi) is 6.25. The van der Waals surface area contributed by atoms with E-state index in [9.17, 15) is 14.9 Å². The highest BCUT2D eigenvalue weighted by atomic mass is 35.5. The van der Waals surface area contributed by atoms with Crippen LogP contribution >= 0.6 is 11.6 Å². The smallest absolute Gasteiger partial charge is 0.269 e. The first kappa shape index (κ1) is 22.0. The number of non-ortho nitro benzene ring substituents is 1. The monoisotopic (exact) mass is 453 g/mol. The molecule has 2 aromatic rings. The van der Waals surface area contributed by atoms with Crippen molar-refractivity contribution in [1.82, 2.24) is 15.1 Å². The van der Waals surface area contributed by atoms with Crippen molar-refractivity contribution >= 4 is 29.0 Å². The molecule has 0 saturated carbocycles. The minimum Gasteiger partial charge on any atom is -0.343 e. The van der Waals surface area contributed by atoms with E-state index in [-0.39, 0.29) is 11.6 Å². The van der Waals surface area contributed by atoms with Gasteiger partial charge >= 0.3 is 0 Å². The molecular weight excluding hydrogens is 430 g/mol. The Balaban J connectivity index is 1.76. The molecule has 1 N–H and O–H groups in total. The fourth-order valence-electron chi connectivity index (χ4n) is 3.94. The number of nitrogens with zero attached hydrogens (tertiary/aromatic N) is 4. The first-order valence-corrected chi connectivity index (χ1v) is 10.7. The number of hydrogen-bond donors (Lipinski definition) is 1. The Labute approximate surface area is 191 Å². The van der Waals surface area contributed by atoms with E-state index in [1.807, 2.05) is 31.0 Å². The van der Waals surface area contributed by atoms with Crippen LogP contribution in [0.5, 0.6) is 0 Å². The van der Waals surface area contributed by atoms with Crippen molar-refractivity contribution in [2.75, 3.05) is 33.2 Å². The summed E-state index contributed by atoms with van der Waals surface area (Å²) in [5.41, 5.74) is 2.57. The summed E-state index contributed by atoms with van der Waals surface area (Å²) >= 11 is 6.02. The molecule has 0 bridgehead atoms. The second-order valence-corrected chi connectivity index (χ2v) is 8.43. The van der Waals surface area contributed by atoms with Gasteiger partial charge in [0.05, 0.1) is 10.5 Å². The predicted molar refractivity (Wildman–Crippen MR) is 124 cm³/mol. The van der Waals surface area contributed by atoms with E-state index >= 15 is 0 Å². The van der Waals surface area contributed by atoms with Crippen molar-refractivity contribution in [3.05, 3.63) is 86.1 Å². The normalized spacial score (nSPS) is 19.4. The Bertz CT molecular complexity index is 1100. The average molecular weight is 454 g/mol. The SMILES string of the molecule is CC1=C(C(=O)N2CCN(C)CC2)C(c2cccc([N+](=O)[O-])c2)N=C(c2ccc(Cl)cc2)N1. The average Bonchev–Trinajstić information content (AvgIpc) is 2.79. The molecule has 32 heavy (non-hydrogen) atoms. The van der Waals surface area contributed by atoms with Crippen LogP contribution in [0.2, 0.25) is 5.02 Å². The van der Waals surface area contributed by atoms with Gasteiger partial charge in [-0.15, -0.1) is 0 Å². The molecule has 1 amide bonds. The zero-order valence-electron chi connectivity index (χ0n) is 17.9. The fourth-order valence-corrected chi connectivity index (χ4v) is 4.06. The van der Waals surface area contributed by atoms with Crippen LogP contribution in [-0.4, -0.2) is 59.7 Å². The zero-order chi connectivity index (χ0) is 22.8. The Hall–Kier alpha value is -3.23. The van der Waals surface area contributed by atoms with E-state index in [0.29, 0.717) is 40.8 Å². The lowest BCUT2D eigenvalue weighted by molar-refractivity contribution is -0.384. The van der Waals surface area contributed by atoms with Crippen LogP contribution in [-0.2, 0) is 4.79 Å². The molecule has 9 heteroatoms. The topological polar surface area (TPSA) is 91.1 Å². The van der Waals surface area contributed by atoms with E-state index in [1.54, 1.807) is 24.3 Å². The van der Waals surface area contributed by atoms with E-state index in [0.717, 1.165) is 18.7 Å². The van der Waals surface area contributed by atoms with Crippen molar-refractivity contribution in [2.24, 2.45) is 4.99 Å². The fraction of sp³-hybridized carbons (Fsp3) is 0.304. The van der Waals surface area contributed by atoms with Crippen LogP contribution in [0.3, 0.4) is 0 Å². The zero-order valence-corrected chi connectivity index (χ0v) is 18.7. The summed E-state index contributed by atoms with van der Waals surface area (Å²) in [6, 6.07) is 12.9. The number of amidine groups is 1. The summed E-state index contributed by atoms with van der Waals surface area (Å²) in [6.07, 6.45) is 0. The van der Waals surface area contributed by atoms with Gasteiger partial charge in [0, 0.05) is 54.6 Å². The number of hydrogen-bond acceptors (Lipinski definition) is 6. The second kappa shape index (κ2) is 9.10. The molecule has 1 saturated heterocycles. The number of allylic oxidation sites excluding steroid dienone is 1. The Morgan fingerprint density at radius 1 is 1.16 bits per heavy atom. The van der Waals surface area contributed by atoms with Gasteiger partial charge in [-0.25, -0.2) is 0 Å². The Morgan fingerprint density at radius 3 is 2.50 bits per heavy atom. The molecule has 2 heterocycles. The molecule has 4 rings (SSSR count). The van der Waals surface area contributed by atoms with E-state index in [4.69, 9.17) is 16.6 Å². The molecule has 2 aliphatic rings. The van der Waals surface area contributed by atoms with Gasteiger partial charge in [-0.1, -0.05) is 23.7 Å². The number of benzene rings is 2. The number of likely N-dealkylation sites (N-methyl/N-ethyl adjacent to an activating group) is 1. The van der Waals surface area contributed by atoms with Crippen LogP contribution in [0, 0.1) is 10.1 Å². The standard InChI is InChI=1S/C23H24ClN5O3/c1-15-20(23(30)28-12-10-27(2)11-13-28)21(17-4-3-5-19(14-17)29(31)32)26-22(25-15)16-6-8-18(24)9-7-16/h3-9,14,21H,10-13H2,1-2H3,(H,25,26). The van der Waals surface area contributed by atoms with E-state index < -0.39 is 11.0 Å². The molecule has 1 unspecified atom stereocenters. The predicted octanol–water partition coefficient (Wildman–Crippen LogP) is 3.39. The molecule has 1 fully saturated rings. The number of rotatable bonds is 4. The molecule has 0 radical (unpaired) electrons. The van der Waals surface area contributed by atoms with Crippen LogP contribution in [0.15, 0.2) is 64.8 Å². The van der Waals surface area contributed by atoms with Crippen LogP contribution in [0.1, 0.15) is 24.1 Å². The van der Waals surface area contributed by atoms with Gasteiger partial charge in [0.1, 0.15) is 11.9 Å². The van der Waals surface area contributed by atoms with Gasteiger partial charge in [0.15, 0.2) is 0 Å². The van der Waals surface area contributed by atoms with Crippen molar-refractivity contribution in [2.45, 2.75) is 13.0 Å². The molecule has 166 valence electrons. The van der Waals surface area contributed by atoms with Gasteiger partial charge < -0.3 is 15.1 Å². The van der Waals surface area contributed by atoms with E-state index in [2.05, 4.69) is 10.2 Å². The maximum Gasteiger partial charge on any atom is 0.269 e. The summed E-state index contributed by atoms with van der Waals surface area (Å²) in [4.78, 5) is 33.3. The molecule has 0 aromatic heterocycles. The van der Waals surface area contributed by atoms with Gasteiger partial charge in [-0.05, 0) is 43.8 Å². The number of carbonyl (C=O) groups excluding carboxylic acids is 1. The summed E-state index contributed by atoms with van der Waals surface area (Å²) in [5.74, 6) is 0.490. The lowest BCUT2D eigenvalue weighted by Crippen LogP contribution is -2.49. The molecular formula is C23H24ClN5O3. The third-order valence-corrected chi connectivity index (χ3v) is 6.03. The lowest BCUT2D eigenvalue weighted by atomic mass is 9.93. The number of aliphatic imine (C=N–C) groups is 1. The quantitative estimate of drug-likeness (QED) is 0.566. The first-order chi connectivity index (χ1) is 15.3. The van der Waals surface area contributed by atoms with Crippen molar-refractivity contribution < 1.29 is 9.72 Å².